The first-order chi connectivity index (χ1) is 15.2. The Morgan fingerprint density at radius 1 is 1.22 bits per heavy atom. The van der Waals surface area contributed by atoms with Gasteiger partial charge in [0.1, 0.15) is 16.6 Å². The van der Waals surface area contributed by atoms with Crippen LogP contribution in [0.4, 0.5) is 19.0 Å². The molecule has 2 heterocycles. The molecule has 1 aromatic carbocycles. The average molecular weight is 471 g/mol. The Kier molecular flexibility index (Phi) is 6.29. The summed E-state index contributed by atoms with van der Waals surface area (Å²) in [6, 6.07) is 4.32. The largest absolute Gasteiger partial charge is 0.497 e. The molecule has 174 valence electrons. The van der Waals surface area contributed by atoms with Gasteiger partial charge in [0, 0.05) is 19.5 Å². The maximum absolute atomic E-state index is 14.0. The zero-order valence-corrected chi connectivity index (χ0v) is 18.7. The van der Waals surface area contributed by atoms with Gasteiger partial charge in [-0.2, -0.15) is 18.3 Å². The van der Waals surface area contributed by atoms with E-state index in [1.165, 1.54) is 7.11 Å². The predicted octanol–water partition coefficient (Wildman–Crippen LogP) is 5.61. The van der Waals surface area contributed by atoms with Crippen molar-refractivity contribution in [2.45, 2.75) is 62.8 Å². The standard InChI is InChI=1S/C22H26ClF3N4O2/c1-29(14-6-4-3-5-7-14)21(31)19-18(23)20-27-16(13-8-10-15(32-2)11-9-13)12-17(22(24,25)26)30(20)28-19/h8-11,14,16-17,27H,3-7,12H2,1-2H3. The number of alkyl halides is 3. The first-order valence-electron chi connectivity index (χ1n) is 10.7. The summed E-state index contributed by atoms with van der Waals surface area (Å²) in [5.41, 5.74) is 0.516. The zero-order chi connectivity index (χ0) is 23.0. The van der Waals surface area contributed by atoms with Crippen molar-refractivity contribution in [2.24, 2.45) is 0 Å². The molecule has 1 fully saturated rings. The van der Waals surface area contributed by atoms with Gasteiger partial charge >= 0.3 is 6.18 Å². The van der Waals surface area contributed by atoms with Gasteiger partial charge in [-0.05, 0) is 30.5 Å². The van der Waals surface area contributed by atoms with Crippen molar-refractivity contribution in [3.8, 4) is 5.75 Å². The van der Waals surface area contributed by atoms with Crippen LogP contribution in [0.1, 0.15) is 66.7 Å². The van der Waals surface area contributed by atoms with Crippen LogP contribution in [-0.4, -0.2) is 47.0 Å². The van der Waals surface area contributed by atoms with Crippen molar-refractivity contribution in [2.75, 3.05) is 19.5 Å². The molecule has 2 atom stereocenters. The first kappa shape index (κ1) is 22.8. The molecule has 2 aromatic rings. The van der Waals surface area contributed by atoms with E-state index in [4.69, 9.17) is 16.3 Å². The molecular weight excluding hydrogens is 445 g/mol. The number of carbonyl (C=O) groups excluding carboxylic acids is 1. The van der Waals surface area contributed by atoms with E-state index >= 15 is 0 Å². The maximum atomic E-state index is 14.0. The van der Waals surface area contributed by atoms with Gasteiger partial charge in [0.2, 0.25) is 0 Å². The Morgan fingerprint density at radius 3 is 2.47 bits per heavy atom. The highest BCUT2D eigenvalue weighted by atomic mass is 35.5. The van der Waals surface area contributed by atoms with Crippen LogP contribution < -0.4 is 10.1 Å². The molecule has 0 spiro atoms. The summed E-state index contributed by atoms with van der Waals surface area (Å²) in [4.78, 5) is 14.7. The molecule has 1 saturated carbocycles. The number of fused-ring (bicyclic) bond motifs is 1. The van der Waals surface area contributed by atoms with E-state index in [1.807, 2.05) is 0 Å². The van der Waals surface area contributed by atoms with Crippen LogP contribution in [0.5, 0.6) is 5.75 Å². The number of hydrogen-bond acceptors (Lipinski definition) is 4. The SMILES string of the molecule is COc1ccc(C2CC(C(F)(F)F)n3nc(C(=O)N(C)C4CCCCC4)c(Cl)c3N2)cc1. The van der Waals surface area contributed by atoms with Gasteiger partial charge in [-0.15, -0.1) is 0 Å². The number of rotatable bonds is 4. The summed E-state index contributed by atoms with van der Waals surface area (Å²) in [5, 5.41) is 7.05. The minimum atomic E-state index is -4.55. The molecule has 2 aliphatic rings. The third-order valence-electron chi connectivity index (χ3n) is 6.46. The Labute approximate surface area is 189 Å². The Morgan fingerprint density at radius 2 is 1.88 bits per heavy atom. The van der Waals surface area contributed by atoms with E-state index in [0.717, 1.165) is 36.8 Å². The van der Waals surface area contributed by atoms with E-state index in [9.17, 15) is 18.0 Å². The zero-order valence-electron chi connectivity index (χ0n) is 18.0. The minimum Gasteiger partial charge on any atom is -0.497 e. The van der Waals surface area contributed by atoms with Crippen LogP contribution in [0.25, 0.3) is 0 Å². The van der Waals surface area contributed by atoms with Crippen LogP contribution in [0.3, 0.4) is 0 Å². The maximum Gasteiger partial charge on any atom is 0.410 e. The van der Waals surface area contributed by atoms with Crippen molar-refractivity contribution < 1.29 is 22.7 Å². The lowest BCUT2D eigenvalue weighted by atomic mass is 9.94. The van der Waals surface area contributed by atoms with Crippen LogP contribution in [0, 0.1) is 0 Å². The third kappa shape index (κ3) is 4.27. The summed E-state index contributed by atoms with van der Waals surface area (Å²) in [6.07, 6.45) is 0.0993. The van der Waals surface area contributed by atoms with Gasteiger partial charge < -0.3 is 15.0 Å². The molecule has 0 bridgehead atoms. The van der Waals surface area contributed by atoms with E-state index in [-0.39, 0.29) is 29.0 Å². The lowest BCUT2D eigenvalue weighted by molar-refractivity contribution is -0.173. The van der Waals surface area contributed by atoms with Gasteiger partial charge in [-0.25, -0.2) is 4.68 Å². The highest BCUT2D eigenvalue weighted by Gasteiger charge is 2.48. The molecule has 4 rings (SSSR count). The summed E-state index contributed by atoms with van der Waals surface area (Å²) in [5.74, 6) is 0.174. The molecule has 32 heavy (non-hydrogen) atoms. The van der Waals surface area contributed by atoms with Gasteiger partial charge in [0.25, 0.3) is 5.91 Å². The fraction of sp³-hybridized carbons (Fsp3) is 0.545. The second kappa shape index (κ2) is 8.84. The van der Waals surface area contributed by atoms with Crippen molar-refractivity contribution in [1.29, 1.82) is 0 Å². The van der Waals surface area contributed by atoms with Gasteiger partial charge in [-0.1, -0.05) is 43.0 Å². The second-order valence-electron chi connectivity index (χ2n) is 8.43. The Hall–Kier alpha value is -2.42. The number of ether oxygens (including phenoxy) is 1. The molecule has 0 radical (unpaired) electrons. The van der Waals surface area contributed by atoms with E-state index in [0.29, 0.717) is 11.3 Å². The van der Waals surface area contributed by atoms with Gasteiger partial charge in [0.15, 0.2) is 11.7 Å². The number of amides is 1. The highest BCUT2D eigenvalue weighted by molar-refractivity contribution is 6.36. The Balaban J connectivity index is 1.67. The average Bonchev–Trinajstić information content (AvgIpc) is 3.13. The molecule has 2 unspecified atom stereocenters. The fourth-order valence-electron chi connectivity index (χ4n) is 4.58. The summed E-state index contributed by atoms with van der Waals surface area (Å²) in [6.45, 7) is 0. The quantitative estimate of drug-likeness (QED) is 0.631. The highest BCUT2D eigenvalue weighted by Crippen LogP contribution is 2.46. The number of nitrogens with one attached hydrogen (secondary N) is 1. The van der Waals surface area contributed by atoms with E-state index in [1.54, 1.807) is 36.2 Å². The molecule has 1 aliphatic carbocycles. The summed E-state index contributed by atoms with van der Waals surface area (Å²) in [7, 11) is 3.19. The third-order valence-corrected chi connectivity index (χ3v) is 6.82. The van der Waals surface area contributed by atoms with Crippen molar-refractivity contribution in [3.05, 3.63) is 40.5 Å². The summed E-state index contributed by atoms with van der Waals surface area (Å²) >= 11 is 6.46. The molecule has 1 amide bonds. The first-order valence-corrected chi connectivity index (χ1v) is 11.1. The van der Waals surface area contributed by atoms with Crippen molar-refractivity contribution in [1.82, 2.24) is 14.7 Å². The van der Waals surface area contributed by atoms with E-state index < -0.39 is 24.2 Å². The fourth-order valence-corrected chi connectivity index (χ4v) is 4.84. The normalized spacial score (nSPS) is 21.6. The topological polar surface area (TPSA) is 59.4 Å². The van der Waals surface area contributed by atoms with Crippen molar-refractivity contribution in [3.63, 3.8) is 0 Å². The van der Waals surface area contributed by atoms with Gasteiger partial charge in [-0.3, -0.25) is 4.79 Å². The summed E-state index contributed by atoms with van der Waals surface area (Å²) < 4.78 is 47.9. The Bertz CT molecular complexity index is 971. The number of halogens is 4. The number of anilines is 1. The lowest BCUT2D eigenvalue weighted by Crippen LogP contribution is -2.39. The molecule has 0 saturated heterocycles. The number of hydrogen-bond donors (Lipinski definition) is 1. The van der Waals surface area contributed by atoms with Crippen LogP contribution in [0.2, 0.25) is 5.02 Å². The smallest absolute Gasteiger partial charge is 0.410 e. The number of benzene rings is 1. The van der Waals surface area contributed by atoms with Crippen molar-refractivity contribution >= 4 is 23.3 Å². The molecule has 10 heteroatoms. The van der Waals surface area contributed by atoms with Crippen LogP contribution >= 0.6 is 11.6 Å². The molecule has 1 aromatic heterocycles. The van der Waals surface area contributed by atoms with E-state index in [2.05, 4.69) is 10.4 Å². The minimum absolute atomic E-state index is 0.0152. The lowest BCUT2D eigenvalue weighted by Gasteiger charge is -2.33. The number of aromatic nitrogens is 2. The number of carbonyl (C=O) groups is 1. The number of nitrogens with zero attached hydrogens (tertiary/aromatic N) is 3. The molecule has 1 N–H and O–H groups in total. The van der Waals surface area contributed by atoms with Crippen LogP contribution in [0.15, 0.2) is 24.3 Å². The molecule has 6 nitrogen and oxygen atoms in total. The second-order valence-corrected chi connectivity index (χ2v) is 8.80. The predicted molar refractivity (Wildman–Crippen MR) is 115 cm³/mol. The van der Waals surface area contributed by atoms with Crippen LogP contribution in [-0.2, 0) is 0 Å². The molecule has 1 aliphatic heterocycles. The molecular formula is C22H26ClF3N4O2. The monoisotopic (exact) mass is 470 g/mol. The number of methoxy groups -OCH3 is 1. The van der Waals surface area contributed by atoms with Gasteiger partial charge in [0.05, 0.1) is 13.2 Å².